The predicted octanol–water partition coefficient (Wildman–Crippen LogP) is 2.98. The molecule has 0 radical (unpaired) electrons. The number of hydrogen-bond acceptors (Lipinski definition) is 7. The Bertz CT molecular complexity index is 961. The standard InChI is InChI=1S/C26H41NO4.CH4O3S/c1-15-14-27(9-10-31-15)21-12-25(3)17(11-22(21)29)5-6-18-20-8-7-19(16(2)28)26(20,4)13-23(30)24(18)25;1-5(2,3)4/h15,17-22,24,29H,5-14H2,1-4H3;1H3,(H,2,3,4)/t15-,17+,18+,19-,20+,21+,22+,24-,25+,26-;/m1./s1. The van der Waals surface area contributed by atoms with Gasteiger partial charge in [-0.3, -0.25) is 19.0 Å². The van der Waals surface area contributed by atoms with Crippen molar-refractivity contribution in [1.82, 2.24) is 4.90 Å². The first-order valence-corrected chi connectivity index (χ1v) is 15.5. The molecule has 36 heavy (non-hydrogen) atoms. The average Bonchev–Trinajstić information content (AvgIpc) is 3.09. The molecule has 0 aromatic carbocycles. The lowest BCUT2D eigenvalue weighted by Gasteiger charge is -2.61. The number of aliphatic hydroxyl groups is 1. The number of fused-ring (bicyclic) bond motifs is 5. The lowest BCUT2D eigenvalue weighted by Crippen LogP contribution is -2.63. The molecule has 5 fully saturated rings. The van der Waals surface area contributed by atoms with Crippen LogP contribution in [-0.2, 0) is 24.4 Å². The van der Waals surface area contributed by atoms with Gasteiger partial charge in [-0.1, -0.05) is 13.8 Å². The molecule has 9 heteroatoms. The lowest BCUT2D eigenvalue weighted by molar-refractivity contribution is -0.172. The van der Waals surface area contributed by atoms with Crippen LogP contribution in [0.4, 0.5) is 0 Å². The third-order valence-electron chi connectivity index (χ3n) is 10.6. The van der Waals surface area contributed by atoms with Crippen molar-refractivity contribution in [3.05, 3.63) is 0 Å². The van der Waals surface area contributed by atoms with Gasteiger partial charge in [-0.25, -0.2) is 0 Å². The number of carbonyl (C=O) groups is 2. The average molecular weight is 528 g/mol. The van der Waals surface area contributed by atoms with Crippen molar-refractivity contribution in [2.45, 2.75) is 90.9 Å². The van der Waals surface area contributed by atoms with Gasteiger partial charge in [-0.05, 0) is 81.0 Å². The summed E-state index contributed by atoms with van der Waals surface area (Å²) in [5.74, 6) is 2.18. The number of Topliss-reactive ketones (excluding diaryl/α,β-unsaturated/α-hetero) is 2. The molecule has 4 aliphatic carbocycles. The summed E-state index contributed by atoms with van der Waals surface area (Å²) in [5.41, 5.74) is -0.179. The van der Waals surface area contributed by atoms with Gasteiger partial charge in [-0.2, -0.15) is 8.42 Å². The topological polar surface area (TPSA) is 121 Å². The van der Waals surface area contributed by atoms with Crippen molar-refractivity contribution in [2.75, 3.05) is 26.0 Å². The smallest absolute Gasteiger partial charge is 0.261 e. The molecule has 10 atom stereocenters. The van der Waals surface area contributed by atoms with E-state index in [4.69, 9.17) is 9.29 Å². The van der Waals surface area contributed by atoms with Crippen LogP contribution in [0, 0.1) is 40.4 Å². The molecule has 5 aliphatic rings. The minimum absolute atomic E-state index is 0.0406. The zero-order chi connectivity index (χ0) is 26.6. The fourth-order valence-corrected chi connectivity index (χ4v) is 9.28. The van der Waals surface area contributed by atoms with Crippen LogP contribution in [0.25, 0.3) is 0 Å². The van der Waals surface area contributed by atoms with Gasteiger partial charge in [0.1, 0.15) is 11.6 Å². The lowest BCUT2D eigenvalue weighted by atomic mass is 9.43. The van der Waals surface area contributed by atoms with Gasteiger partial charge in [0.15, 0.2) is 0 Å². The van der Waals surface area contributed by atoms with Crippen molar-refractivity contribution in [1.29, 1.82) is 0 Å². The van der Waals surface area contributed by atoms with E-state index in [1.54, 1.807) is 6.92 Å². The Hall–Kier alpha value is -0.870. The number of rotatable bonds is 2. The number of ketones is 2. The second-order valence-corrected chi connectivity index (χ2v) is 14.4. The van der Waals surface area contributed by atoms with Crippen LogP contribution >= 0.6 is 0 Å². The predicted molar refractivity (Wildman–Crippen MR) is 136 cm³/mol. The fourth-order valence-electron chi connectivity index (χ4n) is 9.28. The summed E-state index contributed by atoms with van der Waals surface area (Å²) in [5, 5.41) is 11.1. The third kappa shape index (κ3) is 5.20. The second-order valence-electron chi connectivity index (χ2n) is 12.9. The van der Waals surface area contributed by atoms with Gasteiger partial charge in [0.05, 0.1) is 25.1 Å². The minimum atomic E-state index is -3.67. The minimum Gasteiger partial charge on any atom is -0.391 e. The molecule has 2 N–H and O–H groups in total. The van der Waals surface area contributed by atoms with E-state index in [9.17, 15) is 23.1 Å². The molecule has 0 amide bonds. The summed E-state index contributed by atoms with van der Waals surface area (Å²) in [6.45, 7) is 10.9. The van der Waals surface area contributed by atoms with E-state index in [1.807, 2.05) is 0 Å². The Morgan fingerprint density at radius 2 is 1.81 bits per heavy atom. The van der Waals surface area contributed by atoms with Crippen LogP contribution in [-0.4, -0.2) is 78.7 Å². The SMILES string of the molecule is CC(=O)[C@H]1CC[C@H]2[C@@H]3CC[C@H]4C[C@H](O)[C@@H](N5CCO[C@H](C)C5)C[C@]4(C)[C@H]3C(=O)C[C@]12C.CS(=O)(=O)O. The van der Waals surface area contributed by atoms with Gasteiger partial charge in [0, 0.05) is 37.4 Å². The van der Waals surface area contributed by atoms with Gasteiger partial charge in [0.2, 0.25) is 0 Å². The summed E-state index contributed by atoms with van der Waals surface area (Å²) in [4.78, 5) is 28.6. The maximum atomic E-state index is 13.8. The molecule has 8 nitrogen and oxygen atoms in total. The van der Waals surface area contributed by atoms with Gasteiger partial charge in [-0.15, -0.1) is 0 Å². The molecule has 0 aromatic heterocycles. The fraction of sp³-hybridized carbons (Fsp3) is 0.926. The van der Waals surface area contributed by atoms with Gasteiger partial charge < -0.3 is 9.84 Å². The monoisotopic (exact) mass is 527 g/mol. The number of aliphatic hydroxyl groups excluding tert-OH is 1. The number of ether oxygens (including phenoxy) is 1. The Morgan fingerprint density at radius 3 is 2.42 bits per heavy atom. The molecule has 0 bridgehead atoms. The van der Waals surface area contributed by atoms with Crippen molar-refractivity contribution >= 4 is 21.7 Å². The molecule has 4 saturated carbocycles. The first kappa shape index (κ1) is 28.1. The highest BCUT2D eigenvalue weighted by atomic mass is 32.2. The number of hydrogen-bond donors (Lipinski definition) is 2. The summed E-state index contributed by atoms with van der Waals surface area (Å²) >= 11 is 0. The molecule has 1 saturated heterocycles. The zero-order valence-electron chi connectivity index (χ0n) is 22.5. The summed E-state index contributed by atoms with van der Waals surface area (Å²) in [6.07, 6.45) is 7.18. The molecular weight excluding hydrogens is 482 g/mol. The highest BCUT2D eigenvalue weighted by Crippen LogP contribution is 2.66. The van der Waals surface area contributed by atoms with Crippen LogP contribution < -0.4 is 0 Å². The second kappa shape index (κ2) is 10.0. The Balaban J connectivity index is 0.000000556. The van der Waals surface area contributed by atoms with Crippen molar-refractivity contribution < 1.29 is 32.4 Å². The largest absolute Gasteiger partial charge is 0.391 e. The van der Waals surface area contributed by atoms with E-state index >= 15 is 0 Å². The molecule has 0 unspecified atom stereocenters. The van der Waals surface area contributed by atoms with Crippen LogP contribution in [0.2, 0.25) is 0 Å². The number of nitrogens with zero attached hydrogens (tertiary/aromatic N) is 1. The van der Waals surface area contributed by atoms with Crippen molar-refractivity contribution in [3.63, 3.8) is 0 Å². The first-order chi connectivity index (χ1) is 16.6. The van der Waals surface area contributed by atoms with E-state index in [-0.39, 0.29) is 46.7 Å². The zero-order valence-corrected chi connectivity index (χ0v) is 23.3. The molecule has 206 valence electrons. The molecule has 5 rings (SSSR count). The number of carbonyl (C=O) groups excluding carboxylic acids is 2. The van der Waals surface area contributed by atoms with Gasteiger partial charge >= 0.3 is 0 Å². The number of morpholine rings is 1. The van der Waals surface area contributed by atoms with Crippen LogP contribution in [0.15, 0.2) is 0 Å². The van der Waals surface area contributed by atoms with E-state index < -0.39 is 10.1 Å². The van der Waals surface area contributed by atoms with Crippen molar-refractivity contribution in [3.8, 4) is 0 Å². The Kier molecular flexibility index (Phi) is 7.84. The summed E-state index contributed by atoms with van der Waals surface area (Å²) in [6, 6.07) is 0.126. The molecule has 1 aliphatic heterocycles. The quantitative estimate of drug-likeness (QED) is 0.526. The maximum absolute atomic E-state index is 13.8. The molecular formula is C27H45NO7S. The van der Waals surface area contributed by atoms with E-state index in [0.717, 1.165) is 58.2 Å². The Labute approximate surface area is 216 Å². The van der Waals surface area contributed by atoms with Crippen LogP contribution in [0.1, 0.15) is 72.6 Å². The van der Waals surface area contributed by atoms with E-state index in [1.165, 1.54) is 0 Å². The molecule has 0 aromatic rings. The summed E-state index contributed by atoms with van der Waals surface area (Å²) < 4.78 is 31.6. The Morgan fingerprint density at radius 1 is 1.14 bits per heavy atom. The van der Waals surface area contributed by atoms with E-state index in [2.05, 4.69) is 25.7 Å². The third-order valence-corrected chi connectivity index (χ3v) is 10.6. The summed E-state index contributed by atoms with van der Waals surface area (Å²) in [7, 11) is -3.67. The van der Waals surface area contributed by atoms with E-state index in [0.29, 0.717) is 36.2 Å². The van der Waals surface area contributed by atoms with Crippen molar-refractivity contribution in [2.24, 2.45) is 40.4 Å². The van der Waals surface area contributed by atoms with Gasteiger partial charge in [0.25, 0.3) is 10.1 Å². The maximum Gasteiger partial charge on any atom is 0.261 e. The van der Waals surface area contributed by atoms with Crippen LogP contribution in [0.5, 0.6) is 0 Å². The highest BCUT2D eigenvalue weighted by molar-refractivity contribution is 7.85. The van der Waals surface area contributed by atoms with Crippen LogP contribution in [0.3, 0.4) is 0 Å². The first-order valence-electron chi connectivity index (χ1n) is 13.6. The normalized spacial score (nSPS) is 47.1. The molecule has 1 heterocycles. The molecule has 0 spiro atoms. The highest BCUT2D eigenvalue weighted by Gasteiger charge is 2.64.